The van der Waals surface area contributed by atoms with Gasteiger partial charge in [0, 0.05) is 6.61 Å². The topological polar surface area (TPSA) is 95.7 Å². The second-order valence-electron chi connectivity index (χ2n) is 5.51. The lowest BCUT2D eigenvalue weighted by Crippen LogP contribution is -2.19. The Hall–Kier alpha value is -1.76. The van der Waals surface area contributed by atoms with Gasteiger partial charge in [-0.05, 0) is 45.4 Å². The van der Waals surface area contributed by atoms with Crippen LogP contribution in [0.15, 0.2) is 11.1 Å². The highest BCUT2D eigenvalue weighted by atomic mass is 32.2. The molecule has 0 bridgehead atoms. The minimum absolute atomic E-state index is 0.107. The SMILES string of the molecule is CC(C)(C)OCCCCSc1nc(N)c(C#N)cc1C#N. The Morgan fingerprint density at radius 1 is 1.24 bits per heavy atom. The quantitative estimate of drug-likeness (QED) is 0.641. The van der Waals surface area contributed by atoms with Crippen LogP contribution in [0.2, 0.25) is 0 Å². The number of nitrogens with zero attached hydrogens (tertiary/aromatic N) is 3. The summed E-state index contributed by atoms with van der Waals surface area (Å²) in [5, 5.41) is 18.5. The summed E-state index contributed by atoms with van der Waals surface area (Å²) in [6.07, 6.45) is 1.92. The molecule has 1 aromatic heterocycles. The summed E-state index contributed by atoms with van der Waals surface area (Å²) in [5.41, 5.74) is 6.22. The molecule has 5 nitrogen and oxygen atoms in total. The maximum absolute atomic E-state index is 9.09. The van der Waals surface area contributed by atoms with Crippen LogP contribution < -0.4 is 5.73 Å². The van der Waals surface area contributed by atoms with Crippen molar-refractivity contribution in [1.82, 2.24) is 4.98 Å². The van der Waals surface area contributed by atoms with Gasteiger partial charge in [-0.3, -0.25) is 0 Å². The summed E-state index contributed by atoms with van der Waals surface area (Å²) >= 11 is 1.48. The van der Waals surface area contributed by atoms with Crippen molar-refractivity contribution in [2.24, 2.45) is 0 Å². The second-order valence-corrected chi connectivity index (χ2v) is 6.60. The van der Waals surface area contributed by atoms with Crippen LogP contribution in [-0.2, 0) is 4.74 Å². The first-order chi connectivity index (χ1) is 9.87. The van der Waals surface area contributed by atoms with Crippen LogP contribution in [0, 0.1) is 22.7 Å². The molecule has 6 heteroatoms. The van der Waals surface area contributed by atoms with E-state index in [1.165, 1.54) is 17.8 Å². The lowest BCUT2D eigenvalue weighted by Gasteiger charge is -2.19. The maximum Gasteiger partial charge on any atom is 0.142 e. The van der Waals surface area contributed by atoms with Crippen molar-refractivity contribution >= 4 is 17.6 Å². The molecule has 0 radical (unpaired) electrons. The predicted octanol–water partition coefficient (Wildman–Crippen LogP) is 3.09. The number of nitriles is 2. The van der Waals surface area contributed by atoms with Crippen molar-refractivity contribution in [3.8, 4) is 12.1 Å². The van der Waals surface area contributed by atoms with Crippen molar-refractivity contribution in [2.45, 2.75) is 44.2 Å². The van der Waals surface area contributed by atoms with E-state index in [1.54, 1.807) is 0 Å². The molecule has 0 saturated carbocycles. The number of hydrogen-bond donors (Lipinski definition) is 1. The first kappa shape index (κ1) is 17.3. The Morgan fingerprint density at radius 3 is 2.48 bits per heavy atom. The molecule has 0 fully saturated rings. The number of nitrogens with two attached hydrogens (primary N) is 1. The summed E-state index contributed by atoms with van der Waals surface area (Å²) in [7, 11) is 0. The molecule has 0 aliphatic rings. The van der Waals surface area contributed by atoms with Gasteiger partial charge in [-0.2, -0.15) is 10.5 Å². The fourth-order valence-corrected chi connectivity index (χ4v) is 2.51. The minimum Gasteiger partial charge on any atom is -0.383 e. The van der Waals surface area contributed by atoms with Crippen LogP contribution in [-0.4, -0.2) is 22.9 Å². The second kappa shape index (κ2) is 7.87. The molecule has 0 atom stereocenters. The average Bonchev–Trinajstić information content (AvgIpc) is 2.41. The van der Waals surface area contributed by atoms with Gasteiger partial charge in [0.25, 0.3) is 0 Å². The van der Waals surface area contributed by atoms with Gasteiger partial charge >= 0.3 is 0 Å². The minimum atomic E-state index is -0.107. The third-order valence-electron chi connectivity index (χ3n) is 2.57. The summed E-state index contributed by atoms with van der Waals surface area (Å²) in [6.45, 7) is 6.82. The number of anilines is 1. The van der Waals surface area contributed by atoms with Gasteiger partial charge in [0.2, 0.25) is 0 Å². The zero-order valence-electron chi connectivity index (χ0n) is 12.6. The van der Waals surface area contributed by atoms with Crippen LogP contribution in [0.3, 0.4) is 0 Å². The Morgan fingerprint density at radius 2 is 1.90 bits per heavy atom. The molecule has 0 spiro atoms. The number of aromatic nitrogens is 1. The monoisotopic (exact) mass is 304 g/mol. The first-order valence-corrected chi connectivity index (χ1v) is 7.73. The smallest absolute Gasteiger partial charge is 0.142 e. The molecule has 0 unspecified atom stereocenters. The van der Waals surface area contributed by atoms with Gasteiger partial charge in [-0.1, -0.05) is 0 Å². The van der Waals surface area contributed by atoms with E-state index >= 15 is 0 Å². The molecule has 21 heavy (non-hydrogen) atoms. The van der Waals surface area contributed by atoms with E-state index < -0.39 is 0 Å². The van der Waals surface area contributed by atoms with E-state index in [2.05, 4.69) is 11.1 Å². The van der Waals surface area contributed by atoms with Crippen LogP contribution in [0.25, 0.3) is 0 Å². The number of nitrogen functional groups attached to an aromatic ring is 1. The van der Waals surface area contributed by atoms with Gasteiger partial charge in [-0.15, -0.1) is 11.8 Å². The van der Waals surface area contributed by atoms with Crippen LogP contribution in [0.1, 0.15) is 44.7 Å². The molecule has 0 saturated heterocycles. The summed E-state index contributed by atoms with van der Waals surface area (Å²) in [4.78, 5) is 4.14. The lowest BCUT2D eigenvalue weighted by molar-refractivity contribution is -0.00406. The molecule has 0 aliphatic carbocycles. The summed E-state index contributed by atoms with van der Waals surface area (Å²) in [6, 6.07) is 5.48. The largest absolute Gasteiger partial charge is 0.383 e. The molecular formula is C15H20N4OS. The van der Waals surface area contributed by atoms with E-state index in [1.807, 2.05) is 26.8 Å². The molecule has 0 aromatic carbocycles. The van der Waals surface area contributed by atoms with Gasteiger partial charge in [0.1, 0.15) is 23.0 Å². The predicted molar refractivity (Wildman–Crippen MR) is 83.7 cm³/mol. The first-order valence-electron chi connectivity index (χ1n) is 6.75. The molecule has 1 aromatic rings. The summed E-state index contributed by atoms with van der Waals surface area (Å²) in [5.74, 6) is 1.01. The molecule has 0 aliphatic heterocycles. The Labute approximate surface area is 130 Å². The van der Waals surface area contributed by atoms with E-state index in [0.29, 0.717) is 10.6 Å². The van der Waals surface area contributed by atoms with E-state index in [4.69, 9.17) is 21.0 Å². The van der Waals surface area contributed by atoms with Crippen LogP contribution >= 0.6 is 11.8 Å². The Bertz CT molecular complexity index is 567. The van der Waals surface area contributed by atoms with E-state index in [0.717, 1.165) is 25.2 Å². The molecule has 0 amide bonds. The van der Waals surface area contributed by atoms with Gasteiger partial charge in [0.15, 0.2) is 0 Å². The number of ether oxygens (including phenoxy) is 1. The van der Waals surface area contributed by atoms with Crippen molar-refractivity contribution in [3.05, 3.63) is 17.2 Å². The Kier molecular flexibility index (Phi) is 6.48. The molecule has 1 heterocycles. The van der Waals surface area contributed by atoms with Crippen molar-refractivity contribution in [1.29, 1.82) is 10.5 Å². The third-order valence-corrected chi connectivity index (χ3v) is 3.65. The van der Waals surface area contributed by atoms with Gasteiger partial charge in [0.05, 0.1) is 16.7 Å². The Balaban J connectivity index is 2.48. The zero-order chi connectivity index (χ0) is 15.9. The summed E-state index contributed by atoms with van der Waals surface area (Å²) < 4.78 is 5.64. The highest BCUT2D eigenvalue weighted by Crippen LogP contribution is 2.24. The van der Waals surface area contributed by atoms with Gasteiger partial charge in [-0.25, -0.2) is 4.98 Å². The fraction of sp³-hybridized carbons (Fsp3) is 0.533. The van der Waals surface area contributed by atoms with Crippen LogP contribution in [0.4, 0.5) is 5.82 Å². The number of pyridine rings is 1. The standard InChI is InChI=1S/C15H20N4OS/c1-15(2,3)20-6-4-5-7-21-14-12(10-17)8-11(9-16)13(18)19-14/h8H,4-7H2,1-3H3,(H2,18,19). The highest BCUT2D eigenvalue weighted by molar-refractivity contribution is 7.99. The van der Waals surface area contributed by atoms with E-state index in [9.17, 15) is 0 Å². The average molecular weight is 304 g/mol. The molecule has 2 N–H and O–H groups in total. The number of hydrogen-bond acceptors (Lipinski definition) is 6. The van der Waals surface area contributed by atoms with Crippen molar-refractivity contribution in [3.63, 3.8) is 0 Å². The molecular weight excluding hydrogens is 284 g/mol. The molecule has 112 valence electrons. The fourth-order valence-electron chi connectivity index (χ4n) is 1.54. The van der Waals surface area contributed by atoms with Gasteiger partial charge < -0.3 is 10.5 Å². The zero-order valence-corrected chi connectivity index (χ0v) is 13.5. The number of rotatable bonds is 6. The third kappa shape index (κ3) is 6.03. The van der Waals surface area contributed by atoms with Crippen LogP contribution in [0.5, 0.6) is 0 Å². The normalized spacial score (nSPS) is 10.9. The van der Waals surface area contributed by atoms with E-state index in [-0.39, 0.29) is 17.0 Å². The number of thioether (sulfide) groups is 1. The van der Waals surface area contributed by atoms with Crippen molar-refractivity contribution in [2.75, 3.05) is 18.1 Å². The lowest BCUT2D eigenvalue weighted by atomic mass is 10.2. The highest BCUT2D eigenvalue weighted by Gasteiger charge is 2.11. The maximum atomic E-state index is 9.09. The number of unbranched alkanes of at least 4 members (excludes halogenated alkanes) is 1. The van der Waals surface area contributed by atoms with Crippen molar-refractivity contribution < 1.29 is 4.74 Å². The molecule has 1 rings (SSSR count).